The van der Waals surface area contributed by atoms with Crippen molar-refractivity contribution >= 4 is 17.9 Å². The van der Waals surface area contributed by atoms with Crippen LogP contribution in [0.3, 0.4) is 0 Å². The van der Waals surface area contributed by atoms with Crippen LogP contribution in [-0.2, 0) is 28.6 Å². The monoisotopic (exact) mass is 1050 g/mol. The van der Waals surface area contributed by atoms with Gasteiger partial charge in [-0.2, -0.15) is 0 Å². The first-order chi connectivity index (χ1) is 37.5. The zero-order valence-electron chi connectivity index (χ0n) is 49.7. The average molecular weight is 1060 g/mol. The SMILES string of the molecule is CC/C=C\C/C=C\C/C=C\C/C=C\C/C=C\C/C=C\C/C=C\CCCC(=O)OCC(COC(=O)CCCCCCC/C=C\C/C=C\CCCC)OC(=O)CCCCCCCCCCCCCCCCCCCCCCC. The number of rotatable bonds is 57. The van der Waals surface area contributed by atoms with Crippen molar-refractivity contribution in [2.24, 2.45) is 0 Å². The highest BCUT2D eigenvalue weighted by molar-refractivity contribution is 5.71. The maximum Gasteiger partial charge on any atom is 0.306 e. The highest BCUT2D eigenvalue weighted by Gasteiger charge is 2.19. The summed E-state index contributed by atoms with van der Waals surface area (Å²) in [6.45, 7) is 6.45. The fourth-order valence-corrected chi connectivity index (χ4v) is 8.74. The smallest absolute Gasteiger partial charge is 0.306 e. The highest BCUT2D eigenvalue weighted by Crippen LogP contribution is 2.16. The molecule has 6 nitrogen and oxygen atoms in total. The predicted octanol–water partition coefficient (Wildman–Crippen LogP) is 21.8. The molecular weight excluding hydrogens is 937 g/mol. The summed E-state index contributed by atoms with van der Waals surface area (Å²) in [7, 11) is 0. The van der Waals surface area contributed by atoms with Crippen LogP contribution in [0.25, 0.3) is 0 Å². The summed E-state index contributed by atoms with van der Waals surface area (Å²) in [6, 6.07) is 0. The number of allylic oxidation sites excluding steroid dienone is 18. The molecule has 0 aliphatic rings. The molecule has 0 aliphatic carbocycles. The molecule has 0 aliphatic heterocycles. The third-order valence-electron chi connectivity index (χ3n) is 13.5. The summed E-state index contributed by atoms with van der Waals surface area (Å²) in [5.41, 5.74) is 0. The number of unbranched alkanes of at least 4 members (excludes halogenated alkanes) is 28. The summed E-state index contributed by atoms with van der Waals surface area (Å²) in [4.78, 5) is 38.3. The van der Waals surface area contributed by atoms with Crippen LogP contribution in [0.5, 0.6) is 0 Å². The van der Waals surface area contributed by atoms with Gasteiger partial charge in [-0.25, -0.2) is 0 Å². The van der Waals surface area contributed by atoms with E-state index in [0.717, 1.165) is 116 Å². The van der Waals surface area contributed by atoms with Crippen LogP contribution in [0, 0.1) is 0 Å². The van der Waals surface area contributed by atoms with Gasteiger partial charge in [-0.1, -0.05) is 291 Å². The molecule has 0 heterocycles. The van der Waals surface area contributed by atoms with Crippen LogP contribution in [-0.4, -0.2) is 37.2 Å². The minimum Gasteiger partial charge on any atom is -0.462 e. The molecule has 1 unspecified atom stereocenters. The van der Waals surface area contributed by atoms with E-state index in [-0.39, 0.29) is 37.5 Å². The van der Waals surface area contributed by atoms with Crippen molar-refractivity contribution in [1.29, 1.82) is 0 Å². The fourth-order valence-electron chi connectivity index (χ4n) is 8.74. The molecule has 434 valence electrons. The van der Waals surface area contributed by atoms with Crippen LogP contribution in [0.15, 0.2) is 109 Å². The van der Waals surface area contributed by atoms with Crippen molar-refractivity contribution in [1.82, 2.24) is 0 Å². The lowest BCUT2D eigenvalue weighted by Gasteiger charge is -2.18. The van der Waals surface area contributed by atoms with Gasteiger partial charge in [0.1, 0.15) is 13.2 Å². The predicted molar refractivity (Wildman–Crippen MR) is 330 cm³/mol. The Bertz CT molecular complexity index is 1540. The molecule has 0 spiro atoms. The van der Waals surface area contributed by atoms with Gasteiger partial charge in [-0.3, -0.25) is 14.4 Å². The van der Waals surface area contributed by atoms with Gasteiger partial charge in [0.2, 0.25) is 0 Å². The molecular formula is C70H118O6. The topological polar surface area (TPSA) is 78.9 Å². The van der Waals surface area contributed by atoms with E-state index in [1.165, 1.54) is 135 Å². The maximum atomic E-state index is 12.9. The van der Waals surface area contributed by atoms with E-state index in [0.29, 0.717) is 19.3 Å². The van der Waals surface area contributed by atoms with E-state index in [2.05, 4.69) is 130 Å². The first-order valence-electron chi connectivity index (χ1n) is 31.9. The quantitative estimate of drug-likeness (QED) is 0.0261. The zero-order chi connectivity index (χ0) is 55.0. The number of carbonyl (C=O) groups excluding carboxylic acids is 3. The van der Waals surface area contributed by atoms with E-state index >= 15 is 0 Å². The molecule has 0 saturated heterocycles. The molecule has 0 saturated carbocycles. The van der Waals surface area contributed by atoms with Crippen LogP contribution in [0.2, 0.25) is 0 Å². The first kappa shape index (κ1) is 72.1. The summed E-state index contributed by atoms with van der Waals surface area (Å²) in [5.74, 6) is -0.968. The average Bonchev–Trinajstić information content (AvgIpc) is 3.42. The minimum absolute atomic E-state index is 0.103. The van der Waals surface area contributed by atoms with Crippen molar-refractivity contribution in [3.63, 3.8) is 0 Å². The zero-order valence-corrected chi connectivity index (χ0v) is 49.7. The normalized spacial score (nSPS) is 12.8. The fraction of sp³-hybridized carbons (Fsp3) is 0.700. The van der Waals surface area contributed by atoms with Gasteiger partial charge in [0.25, 0.3) is 0 Å². The van der Waals surface area contributed by atoms with Crippen LogP contribution in [0.4, 0.5) is 0 Å². The van der Waals surface area contributed by atoms with Crippen molar-refractivity contribution in [3.8, 4) is 0 Å². The van der Waals surface area contributed by atoms with E-state index in [1.54, 1.807) is 0 Å². The number of hydrogen-bond acceptors (Lipinski definition) is 6. The largest absolute Gasteiger partial charge is 0.462 e. The molecule has 0 N–H and O–H groups in total. The Morgan fingerprint density at radius 2 is 0.539 bits per heavy atom. The van der Waals surface area contributed by atoms with Gasteiger partial charge < -0.3 is 14.2 Å². The lowest BCUT2D eigenvalue weighted by molar-refractivity contribution is -0.167. The first-order valence-corrected chi connectivity index (χ1v) is 31.9. The number of esters is 3. The van der Waals surface area contributed by atoms with Crippen LogP contribution >= 0.6 is 0 Å². The second-order valence-corrected chi connectivity index (χ2v) is 20.9. The molecule has 0 aromatic heterocycles. The van der Waals surface area contributed by atoms with Crippen molar-refractivity contribution < 1.29 is 28.6 Å². The van der Waals surface area contributed by atoms with Gasteiger partial charge >= 0.3 is 17.9 Å². The van der Waals surface area contributed by atoms with E-state index < -0.39 is 6.10 Å². The van der Waals surface area contributed by atoms with E-state index in [4.69, 9.17) is 14.2 Å². The molecule has 0 rings (SSSR count). The van der Waals surface area contributed by atoms with Gasteiger partial charge in [0, 0.05) is 19.3 Å². The molecule has 0 bridgehead atoms. The molecule has 76 heavy (non-hydrogen) atoms. The summed E-state index contributed by atoms with van der Waals surface area (Å²) in [5, 5.41) is 0. The third-order valence-corrected chi connectivity index (χ3v) is 13.5. The van der Waals surface area contributed by atoms with Gasteiger partial charge in [-0.05, 0) is 96.3 Å². The molecule has 0 fully saturated rings. The Balaban J connectivity index is 4.45. The molecule has 0 aromatic carbocycles. The molecule has 0 radical (unpaired) electrons. The Labute approximate surface area is 470 Å². The van der Waals surface area contributed by atoms with Crippen LogP contribution in [0.1, 0.15) is 297 Å². The molecule has 1 atom stereocenters. The van der Waals surface area contributed by atoms with Crippen molar-refractivity contribution in [3.05, 3.63) is 109 Å². The van der Waals surface area contributed by atoms with Crippen LogP contribution < -0.4 is 0 Å². The minimum atomic E-state index is -0.809. The standard InChI is InChI=1S/C70H118O6/c1-4-7-10-13-16-19-22-25-28-30-32-34-35-37-38-40-42-45-48-51-54-57-60-63-69(72)75-66-67(65-74-68(71)62-59-56-53-50-47-44-27-24-21-18-15-12-9-6-3)76-70(73)64-61-58-55-52-49-46-43-41-39-36-33-31-29-26-23-20-17-14-11-8-5-2/h7,10,15-16,18-19,24-25,27-28,32,34,37-38,42,45,51,54,67H,4-6,8-9,11-14,17,20-23,26,29-31,33,35-36,39-41,43-44,46-50,52-53,55-66H2,1-3H3/b10-7-,18-15-,19-16-,27-24-,28-25-,34-32-,38-37-,45-42-,54-51-. The number of carbonyl (C=O) groups is 3. The maximum absolute atomic E-state index is 12.9. The van der Waals surface area contributed by atoms with E-state index in [1.807, 2.05) is 0 Å². The molecule has 6 heteroatoms. The summed E-state index contributed by atoms with van der Waals surface area (Å²) in [6.07, 6.45) is 86.7. The lowest BCUT2D eigenvalue weighted by Crippen LogP contribution is -2.30. The van der Waals surface area contributed by atoms with Gasteiger partial charge in [-0.15, -0.1) is 0 Å². The lowest BCUT2D eigenvalue weighted by atomic mass is 10.0. The Morgan fingerprint density at radius 3 is 0.895 bits per heavy atom. The van der Waals surface area contributed by atoms with E-state index in [9.17, 15) is 14.4 Å². The van der Waals surface area contributed by atoms with Gasteiger partial charge in [0.05, 0.1) is 0 Å². The molecule has 0 amide bonds. The third kappa shape index (κ3) is 60.9. The Morgan fingerprint density at radius 1 is 0.276 bits per heavy atom. The van der Waals surface area contributed by atoms with Gasteiger partial charge in [0.15, 0.2) is 6.10 Å². The summed E-state index contributed by atoms with van der Waals surface area (Å²) < 4.78 is 16.9. The summed E-state index contributed by atoms with van der Waals surface area (Å²) >= 11 is 0. The second-order valence-electron chi connectivity index (χ2n) is 20.9. The Hall–Kier alpha value is -3.93. The molecule has 0 aromatic rings. The van der Waals surface area contributed by atoms with Crippen molar-refractivity contribution in [2.45, 2.75) is 303 Å². The number of hydrogen-bond donors (Lipinski definition) is 0. The Kier molecular flexibility index (Phi) is 60.3. The second kappa shape index (κ2) is 63.6. The highest BCUT2D eigenvalue weighted by atomic mass is 16.6. The number of ether oxygens (including phenoxy) is 3. The van der Waals surface area contributed by atoms with Crippen molar-refractivity contribution in [2.75, 3.05) is 13.2 Å².